The van der Waals surface area contributed by atoms with Crippen LogP contribution in [0.1, 0.15) is 34.8 Å². The molecule has 0 bridgehead atoms. The number of nitrogens with one attached hydrogen (secondary N) is 1. The van der Waals surface area contributed by atoms with Crippen molar-refractivity contribution in [2.24, 2.45) is 0 Å². The van der Waals surface area contributed by atoms with Gasteiger partial charge in [-0.15, -0.1) is 0 Å². The fourth-order valence-corrected chi connectivity index (χ4v) is 3.46. The lowest BCUT2D eigenvalue weighted by molar-refractivity contribution is -0.384. The first-order valence-corrected chi connectivity index (χ1v) is 8.95. The van der Waals surface area contributed by atoms with Crippen molar-refractivity contribution in [2.75, 3.05) is 19.6 Å². The van der Waals surface area contributed by atoms with E-state index < -0.39 is 4.92 Å². The maximum atomic E-state index is 12.5. The SMILES string of the molecule is O=C(NC[C@H](c1ccccc1)N1CCCC1)c1ccc(Cl)c([N+](=O)[O-])c1. The van der Waals surface area contributed by atoms with Gasteiger partial charge in [-0.1, -0.05) is 41.9 Å². The molecule has 0 spiro atoms. The van der Waals surface area contributed by atoms with Gasteiger partial charge in [-0.05, 0) is 43.6 Å². The van der Waals surface area contributed by atoms with E-state index in [0.29, 0.717) is 6.54 Å². The van der Waals surface area contributed by atoms with Gasteiger partial charge in [0.15, 0.2) is 0 Å². The number of carbonyl (C=O) groups excluding carboxylic acids is 1. The molecule has 1 N–H and O–H groups in total. The first-order valence-electron chi connectivity index (χ1n) is 8.57. The molecule has 26 heavy (non-hydrogen) atoms. The molecule has 0 aromatic heterocycles. The quantitative estimate of drug-likeness (QED) is 0.617. The number of carbonyl (C=O) groups is 1. The molecule has 1 fully saturated rings. The van der Waals surface area contributed by atoms with Crippen LogP contribution in [-0.4, -0.2) is 35.4 Å². The van der Waals surface area contributed by atoms with Gasteiger partial charge in [0.1, 0.15) is 5.02 Å². The number of hydrogen-bond donors (Lipinski definition) is 1. The number of hydrogen-bond acceptors (Lipinski definition) is 4. The van der Waals surface area contributed by atoms with Crippen molar-refractivity contribution in [3.8, 4) is 0 Å². The van der Waals surface area contributed by atoms with Crippen molar-refractivity contribution in [1.29, 1.82) is 0 Å². The molecule has 136 valence electrons. The number of halogens is 1. The number of nitrogens with zero attached hydrogens (tertiary/aromatic N) is 2. The highest BCUT2D eigenvalue weighted by Gasteiger charge is 2.24. The highest BCUT2D eigenvalue weighted by atomic mass is 35.5. The zero-order chi connectivity index (χ0) is 18.5. The Kier molecular flexibility index (Phi) is 5.85. The molecule has 1 heterocycles. The molecule has 0 saturated carbocycles. The standard InChI is InChI=1S/C19H20ClN3O3/c20-16-9-8-15(12-17(16)23(25)26)19(24)21-13-18(22-10-4-5-11-22)14-6-2-1-3-7-14/h1-3,6-9,12,18H,4-5,10-11,13H2,(H,21,24)/t18-/m1/s1. The van der Waals surface area contributed by atoms with Crippen LogP contribution in [0.4, 0.5) is 5.69 Å². The number of benzene rings is 2. The van der Waals surface area contributed by atoms with E-state index in [1.54, 1.807) is 0 Å². The summed E-state index contributed by atoms with van der Waals surface area (Å²) in [5, 5.41) is 13.9. The summed E-state index contributed by atoms with van der Waals surface area (Å²) < 4.78 is 0. The molecular formula is C19H20ClN3O3. The lowest BCUT2D eigenvalue weighted by atomic mass is 10.1. The zero-order valence-corrected chi connectivity index (χ0v) is 15.0. The van der Waals surface area contributed by atoms with Crippen LogP contribution in [0.15, 0.2) is 48.5 Å². The average Bonchev–Trinajstić information content (AvgIpc) is 3.17. The third-order valence-electron chi connectivity index (χ3n) is 4.63. The highest BCUT2D eigenvalue weighted by molar-refractivity contribution is 6.32. The summed E-state index contributed by atoms with van der Waals surface area (Å²) in [6, 6.07) is 14.2. The van der Waals surface area contributed by atoms with Crippen LogP contribution in [0.25, 0.3) is 0 Å². The molecule has 0 aliphatic carbocycles. The van der Waals surface area contributed by atoms with Crippen LogP contribution in [0, 0.1) is 10.1 Å². The molecule has 0 radical (unpaired) electrons. The fourth-order valence-electron chi connectivity index (χ4n) is 3.27. The Morgan fingerprint density at radius 1 is 1.19 bits per heavy atom. The van der Waals surface area contributed by atoms with Gasteiger partial charge < -0.3 is 5.32 Å². The maximum Gasteiger partial charge on any atom is 0.288 e. The highest BCUT2D eigenvalue weighted by Crippen LogP contribution is 2.26. The predicted molar refractivity (Wildman–Crippen MR) is 100 cm³/mol. The van der Waals surface area contributed by atoms with Crippen molar-refractivity contribution in [2.45, 2.75) is 18.9 Å². The third kappa shape index (κ3) is 4.20. The van der Waals surface area contributed by atoms with E-state index in [9.17, 15) is 14.9 Å². The Hall–Kier alpha value is -2.44. The number of rotatable bonds is 6. The minimum absolute atomic E-state index is 0.0192. The molecule has 1 amide bonds. The van der Waals surface area contributed by atoms with Crippen LogP contribution in [0.2, 0.25) is 5.02 Å². The van der Waals surface area contributed by atoms with Gasteiger partial charge in [-0.2, -0.15) is 0 Å². The molecule has 3 rings (SSSR count). The Morgan fingerprint density at radius 2 is 1.88 bits per heavy atom. The van der Waals surface area contributed by atoms with Crippen molar-refractivity contribution < 1.29 is 9.72 Å². The molecule has 7 heteroatoms. The van der Waals surface area contributed by atoms with Gasteiger partial charge in [0.25, 0.3) is 11.6 Å². The largest absolute Gasteiger partial charge is 0.350 e. The smallest absolute Gasteiger partial charge is 0.288 e. The lowest BCUT2D eigenvalue weighted by Crippen LogP contribution is -2.36. The van der Waals surface area contributed by atoms with Crippen LogP contribution in [-0.2, 0) is 0 Å². The van der Waals surface area contributed by atoms with E-state index >= 15 is 0 Å². The first kappa shape index (κ1) is 18.4. The van der Waals surface area contributed by atoms with E-state index in [4.69, 9.17) is 11.6 Å². The van der Waals surface area contributed by atoms with Gasteiger partial charge in [0, 0.05) is 18.2 Å². The van der Waals surface area contributed by atoms with Crippen LogP contribution in [0.5, 0.6) is 0 Å². The summed E-state index contributed by atoms with van der Waals surface area (Å²) in [7, 11) is 0. The summed E-state index contributed by atoms with van der Waals surface area (Å²) in [6.07, 6.45) is 2.31. The summed E-state index contributed by atoms with van der Waals surface area (Å²) in [4.78, 5) is 25.3. The van der Waals surface area contributed by atoms with Crippen molar-refractivity contribution in [1.82, 2.24) is 10.2 Å². The molecule has 1 aliphatic rings. The number of amides is 1. The first-order chi connectivity index (χ1) is 12.6. The summed E-state index contributed by atoms with van der Waals surface area (Å²) in [5.41, 5.74) is 1.12. The average molecular weight is 374 g/mol. The summed E-state index contributed by atoms with van der Waals surface area (Å²) >= 11 is 5.81. The van der Waals surface area contributed by atoms with Gasteiger partial charge in [-0.3, -0.25) is 19.8 Å². The van der Waals surface area contributed by atoms with E-state index in [1.807, 2.05) is 18.2 Å². The lowest BCUT2D eigenvalue weighted by Gasteiger charge is -2.28. The Morgan fingerprint density at radius 3 is 2.54 bits per heavy atom. The second-order valence-corrected chi connectivity index (χ2v) is 6.71. The Balaban J connectivity index is 1.73. The maximum absolute atomic E-state index is 12.5. The molecule has 2 aromatic rings. The van der Waals surface area contributed by atoms with E-state index in [2.05, 4.69) is 22.3 Å². The Labute approximate surface area is 156 Å². The van der Waals surface area contributed by atoms with Crippen molar-refractivity contribution >= 4 is 23.2 Å². The minimum Gasteiger partial charge on any atom is -0.350 e. The normalized spacial score (nSPS) is 15.6. The number of likely N-dealkylation sites (tertiary alicyclic amines) is 1. The molecule has 2 aromatic carbocycles. The topological polar surface area (TPSA) is 75.5 Å². The van der Waals surface area contributed by atoms with E-state index in [0.717, 1.165) is 31.5 Å². The van der Waals surface area contributed by atoms with Crippen LogP contribution in [0.3, 0.4) is 0 Å². The van der Waals surface area contributed by atoms with Crippen molar-refractivity contribution in [3.63, 3.8) is 0 Å². The van der Waals surface area contributed by atoms with Gasteiger partial charge in [0.05, 0.1) is 11.0 Å². The number of nitro groups is 1. The molecule has 6 nitrogen and oxygen atoms in total. The van der Waals surface area contributed by atoms with Crippen LogP contribution >= 0.6 is 11.6 Å². The monoisotopic (exact) mass is 373 g/mol. The van der Waals surface area contributed by atoms with Crippen molar-refractivity contribution in [3.05, 3.63) is 74.8 Å². The zero-order valence-electron chi connectivity index (χ0n) is 14.2. The summed E-state index contributed by atoms with van der Waals surface area (Å²) in [6.45, 7) is 2.45. The Bertz CT molecular complexity index is 792. The minimum atomic E-state index is -0.587. The second kappa shape index (κ2) is 8.29. The molecule has 1 saturated heterocycles. The fraction of sp³-hybridized carbons (Fsp3) is 0.316. The molecule has 1 atom stereocenters. The van der Waals surface area contributed by atoms with Gasteiger partial charge >= 0.3 is 0 Å². The van der Waals surface area contributed by atoms with E-state index in [1.165, 1.54) is 18.2 Å². The number of nitro benzene ring substituents is 1. The molecule has 1 aliphatic heterocycles. The van der Waals surface area contributed by atoms with Gasteiger partial charge in [-0.25, -0.2) is 0 Å². The third-order valence-corrected chi connectivity index (χ3v) is 4.95. The second-order valence-electron chi connectivity index (χ2n) is 6.30. The summed E-state index contributed by atoms with van der Waals surface area (Å²) in [5.74, 6) is -0.343. The predicted octanol–water partition coefficient (Wildman–Crippen LogP) is 3.82. The van der Waals surface area contributed by atoms with E-state index in [-0.39, 0.29) is 28.2 Å². The van der Waals surface area contributed by atoms with Crippen LogP contribution < -0.4 is 5.32 Å². The van der Waals surface area contributed by atoms with Gasteiger partial charge in [0.2, 0.25) is 0 Å². The molecule has 0 unspecified atom stereocenters. The molecular weight excluding hydrogens is 354 g/mol.